The van der Waals surface area contributed by atoms with Crippen molar-refractivity contribution < 1.29 is 27.4 Å². The predicted octanol–water partition coefficient (Wildman–Crippen LogP) is 4.17. The van der Waals surface area contributed by atoms with Crippen LogP contribution in [0.5, 0.6) is 17.2 Å². The first-order valence-electron chi connectivity index (χ1n) is 7.33. The Balaban J connectivity index is 2.59. The molecule has 0 fully saturated rings. The summed E-state index contributed by atoms with van der Waals surface area (Å²) in [7, 11) is 0. The number of carbonyl (C=O) groups is 1. The van der Waals surface area contributed by atoms with Crippen LogP contribution in [0.25, 0.3) is 0 Å². The summed E-state index contributed by atoms with van der Waals surface area (Å²) in [6.07, 6.45) is 1.29. The summed E-state index contributed by atoms with van der Waals surface area (Å²) in [6, 6.07) is 7.94. The smallest absolute Gasteiger partial charge is 0.255 e. The fourth-order valence-corrected chi connectivity index (χ4v) is 1.99. The second-order valence-corrected chi connectivity index (χ2v) is 4.96. The molecule has 4 nitrogen and oxygen atoms in total. The molecule has 2 aromatic carbocycles. The zero-order valence-corrected chi connectivity index (χ0v) is 12.9. The first-order valence-corrected chi connectivity index (χ1v) is 7.33. The molecule has 0 saturated carbocycles. The van der Waals surface area contributed by atoms with Crippen LogP contribution in [0.3, 0.4) is 0 Å². The van der Waals surface area contributed by atoms with E-state index < -0.39 is 40.4 Å². The number of benzene rings is 2. The Morgan fingerprint density at radius 1 is 1.04 bits per heavy atom. The molecule has 0 heterocycles. The topological polar surface area (TPSA) is 61.5 Å². The van der Waals surface area contributed by atoms with Crippen molar-refractivity contribution >= 4 is 5.91 Å². The van der Waals surface area contributed by atoms with Crippen LogP contribution in [0.2, 0.25) is 0 Å². The van der Waals surface area contributed by atoms with E-state index in [4.69, 9.17) is 15.2 Å². The van der Waals surface area contributed by atoms with Gasteiger partial charge in [-0.1, -0.05) is 31.5 Å². The van der Waals surface area contributed by atoms with E-state index in [1.165, 1.54) is 12.1 Å². The minimum Gasteiger partial charge on any atom is -0.487 e. The molecule has 0 atom stereocenters. The quantitative estimate of drug-likeness (QED) is 0.608. The van der Waals surface area contributed by atoms with Gasteiger partial charge in [0.2, 0.25) is 11.6 Å². The number of hydrogen-bond acceptors (Lipinski definition) is 3. The molecule has 0 saturated heterocycles. The summed E-state index contributed by atoms with van der Waals surface area (Å²) in [5, 5.41) is 0. The molecule has 0 aromatic heterocycles. The second-order valence-electron chi connectivity index (χ2n) is 4.96. The van der Waals surface area contributed by atoms with Crippen molar-refractivity contribution in [2.75, 3.05) is 6.61 Å². The van der Waals surface area contributed by atoms with E-state index in [0.29, 0.717) is 6.42 Å². The summed E-state index contributed by atoms with van der Waals surface area (Å²) in [5.41, 5.74) is 4.21. The lowest BCUT2D eigenvalue weighted by Gasteiger charge is -2.17. The Bertz CT molecular complexity index is 736. The number of carbonyl (C=O) groups excluding carboxylic acids is 1. The van der Waals surface area contributed by atoms with Gasteiger partial charge in [0.1, 0.15) is 11.3 Å². The number of ether oxygens (including phenoxy) is 2. The second kappa shape index (κ2) is 7.72. The first-order chi connectivity index (χ1) is 11.5. The first kappa shape index (κ1) is 17.7. The van der Waals surface area contributed by atoms with Crippen LogP contribution in [0.15, 0.2) is 30.3 Å². The molecule has 2 N–H and O–H groups in total. The number of primary amides is 1. The maximum Gasteiger partial charge on any atom is 0.255 e. The normalized spacial score (nSPS) is 10.5. The zero-order chi connectivity index (χ0) is 17.7. The lowest BCUT2D eigenvalue weighted by molar-refractivity contribution is 0.0991. The molecule has 128 valence electrons. The average Bonchev–Trinajstić information content (AvgIpc) is 2.56. The number of halogens is 3. The number of unbranched alkanes of at least 4 members (excludes halogenated alkanes) is 1. The van der Waals surface area contributed by atoms with Crippen molar-refractivity contribution in [3.63, 3.8) is 0 Å². The van der Waals surface area contributed by atoms with E-state index in [2.05, 4.69) is 0 Å². The van der Waals surface area contributed by atoms with Gasteiger partial charge in [-0.05, 0) is 18.6 Å². The number of rotatable bonds is 7. The standard InChI is InChI=1S/C17H16F3NO3/c1-2-3-9-23-16-14(20)13(19)12(18)11(17(21)22)15(16)24-10-7-5-4-6-8-10/h4-8H,2-3,9H2,1H3,(H2,21,22). The summed E-state index contributed by atoms with van der Waals surface area (Å²) in [5.74, 6) is -7.49. The Hall–Kier alpha value is -2.70. The summed E-state index contributed by atoms with van der Waals surface area (Å²) in [6.45, 7) is 1.92. The Morgan fingerprint density at radius 2 is 1.71 bits per heavy atom. The SMILES string of the molecule is CCCCOc1c(F)c(F)c(F)c(C(N)=O)c1Oc1ccccc1. The molecule has 0 bridgehead atoms. The van der Waals surface area contributed by atoms with Gasteiger partial charge in [-0.15, -0.1) is 0 Å². The van der Waals surface area contributed by atoms with Crippen molar-refractivity contribution in [2.45, 2.75) is 19.8 Å². The summed E-state index contributed by atoms with van der Waals surface area (Å²) < 4.78 is 52.4. The Morgan fingerprint density at radius 3 is 2.29 bits per heavy atom. The molecule has 2 rings (SSSR count). The highest BCUT2D eigenvalue weighted by Crippen LogP contribution is 2.40. The number of nitrogens with two attached hydrogens (primary N) is 1. The van der Waals surface area contributed by atoms with Gasteiger partial charge in [-0.25, -0.2) is 8.78 Å². The lowest BCUT2D eigenvalue weighted by atomic mass is 10.1. The van der Waals surface area contributed by atoms with Crippen LogP contribution >= 0.6 is 0 Å². The Labute approximate surface area is 137 Å². The summed E-state index contributed by atoms with van der Waals surface area (Å²) in [4.78, 5) is 11.5. The third-order valence-corrected chi connectivity index (χ3v) is 3.19. The lowest BCUT2D eigenvalue weighted by Crippen LogP contribution is -2.18. The fraction of sp³-hybridized carbons (Fsp3) is 0.235. The maximum absolute atomic E-state index is 14.1. The molecule has 0 aliphatic carbocycles. The average molecular weight is 339 g/mol. The third kappa shape index (κ3) is 3.61. The van der Waals surface area contributed by atoms with Crippen LogP contribution in [-0.4, -0.2) is 12.5 Å². The van der Waals surface area contributed by atoms with Crippen LogP contribution < -0.4 is 15.2 Å². The molecule has 0 radical (unpaired) electrons. The van der Waals surface area contributed by atoms with Crippen molar-refractivity contribution in [3.8, 4) is 17.2 Å². The Kier molecular flexibility index (Phi) is 5.68. The monoisotopic (exact) mass is 339 g/mol. The number of hydrogen-bond donors (Lipinski definition) is 1. The van der Waals surface area contributed by atoms with E-state index in [1.807, 2.05) is 6.92 Å². The van der Waals surface area contributed by atoms with E-state index in [1.54, 1.807) is 18.2 Å². The molecule has 0 spiro atoms. The molecular formula is C17H16F3NO3. The van der Waals surface area contributed by atoms with E-state index in [0.717, 1.165) is 6.42 Å². The van der Waals surface area contributed by atoms with Crippen molar-refractivity contribution in [1.29, 1.82) is 0 Å². The van der Waals surface area contributed by atoms with Gasteiger partial charge >= 0.3 is 0 Å². The molecule has 0 aliphatic heterocycles. The molecular weight excluding hydrogens is 323 g/mol. The van der Waals surface area contributed by atoms with Crippen LogP contribution in [-0.2, 0) is 0 Å². The van der Waals surface area contributed by atoms with Crippen molar-refractivity contribution in [3.05, 3.63) is 53.3 Å². The minimum absolute atomic E-state index is 0.0435. The third-order valence-electron chi connectivity index (χ3n) is 3.19. The highest BCUT2D eigenvalue weighted by atomic mass is 19.2. The van der Waals surface area contributed by atoms with E-state index in [9.17, 15) is 18.0 Å². The fourth-order valence-electron chi connectivity index (χ4n) is 1.99. The van der Waals surface area contributed by atoms with Crippen LogP contribution in [0.1, 0.15) is 30.1 Å². The van der Waals surface area contributed by atoms with Gasteiger partial charge < -0.3 is 15.2 Å². The van der Waals surface area contributed by atoms with Gasteiger partial charge in [-0.2, -0.15) is 4.39 Å². The molecule has 24 heavy (non-hydrogen) atoms. The van der Waals surface area contributed by atoms with Gasteiger partial charge in [0.25, 0.3) is 5.91 Å². The van der Waals surface area contributed by atoms with Crippen molar-refractivity contribution in [2.24, 2.45) is 5.73 Å². The number of amides is 1. The van der Waals surface area contributed by atoms with E-state index in [-0.39, 0.29) is 12.4 Å². The maximum atomic E-state index is 14.1. The highest BCUT2D eigenvalue weighted by molar-refractivity contribution is 5.97. The van der Waals surface area contributed by atoms with Gasteiger partial charge in [0.05, 0.1) is 6.61 Å². The predicted molar refractivity (Wildman–Crippen MR) is 81.8 cm³/mol. The zero-order valence-electron chi connectivity index (χ0n) is 12.9. The molecule has 7 heteroatoms. The van der Waals surface area contributed by atoms with Crippen molar-refractivity contribution in [1.82, 2.24) is 0 Å². The van der Waals surface area contributed by atoms with Crippen LogP contribution in [0.4, 0.5) is 13.2 Å². The molecule has 0 aliphatic rings. The van der Waals surface area contributed by atoms with Crippen LogP contribution in [0, 0.1) is 17.5 Å². The van der Waals surface area contributed by atoms with Gasteiger partial charge in [0.15, 0.2) is 17.4 Å². The van der Waals surface area contributed by atoms with Gasteiger partial charge in [0, 0.05) is 0 Å². The number of para-hydroxylation sites is 1. The molecule has 0 unspecified atom stereocenters. The summed E-state index contributed by atoms with van der Waals surface area (Å²) >= 11 is 0. The highest BCUT2D eigenvalue weighted by Gasteiger charge is 2.30. The minimum atomic E-state index is -1.84. The largest absolute Gasteiger partial charge is 0.487 e. The molecule has 1 amide bonds. The van der Waals surface area contributed by atoms with E-state index >= 15 is 0 Å². The molecule has 2 aromatic rings. The van der Waals surface area contributed by atoms with Gasteiger partial charge in [-0.3, -0.25) is 4.79 Å².